The minimum Gasteiger partial charge on any atom is -1.00 e. The van der Waals surface area contributed by atoms with Crippen LogP contribution in [0.1, 0.15) is 71.0 Å². The summed E-state index contributed by atoms with van der Waals surface area (Å²) >= 11 is 2.15. The second-order valence-electron chi connectivity index (χ2n) is 15.0. The molecule has 0 unspecified atom stereocenters. The summed E-state index contributed by atoms with van der Waals surface area (Å²) in [4.78, 5) is 57.0. The van der Waals surface area contributed by atoms with Crippen molar-refractivity contribution >= 4 is 76.7 Å². The second-order valence-corrected chi connectivity index (χ2v) is 15.0. The van der Waals surface area contributed by atoms with Gasteiger partial charge >= 0.3 is 144 Å². The van der Waals surface area contributed by atoms with E-state index in [-0.39, 0.29) is 170 Å². The number of alkyl halides is 1. The van der Waals surface area contributed by atoms with Crippen LogP contribution in [0.2, 0.25) is 0 Å². The SMILES string of the molecule is CI.COC(=O)c1ccc(-c2nc(Nc3cnn(C4CCN(C)CC4)c3)ncc2C)cc1.COC(=O)c1ccc(-c2nc(Nc3cnn(C4CCNCC4)c3)ncc2C)cc1.Cl.O=CO[O-].[H-].[K+].[K+].[Na+].[OH-]. The summed E-state index contributed by atoms with van der Waals surface area (Å²) in [5.74, 6) is 0.303. The molecule has 0 bridgehead atoms. The van der Waals surface area contributed by atoms with Gasteiger partial charge in [-0.1, -0.05) is 46.9 Å². The number of nitrogens with zero attached hydrogens (tertiary/aromatic N) is 9. The molecule has 6 heterocycles. The van der Waals surface area contributed by atoms with E-state index >= 15 is 0 Å². The molecule has 0 atom stereocenters. The first-order valence-corrected chi connectivity index (χ1v) is 22.9. The zero-order chi connectivity index (χ0) is 46.7. The van der Waals surface area contributed by atoms with Gasteiger partial charge in [-0.25, -0.2) is 29.5 Å². The summed E-state index contributed by atoms with van der Waals surface area (Å²) in [5, 5.41) is 27.3. The molecule has 2 aliphatic heterocycles. The van der Waals surface area contributed by atoms with Gasteiger partial charge in [0.15, 0.2) is 0 Å². The van der Waals surface area contributed by atoms with Crippen molar-refractivity contribution in [2.24, 2.45) is 0 Å². The molecular formula is C45H57ClIK2N12NaO8. The third kappa shape index (κ3) is 20.5. The van der Waals surface area contributed by atoms with Gasteiger partial charge in [0.05, 0.1) is 72.6 Å². The van der Waals surface area contributed by atoms with Crippen LogP contribution in [0.15, 0.2) is 85.7 Å². The number of aromatic nitrogens is 8. The molecule has 0 aliphatic carbocycles. The number of nitrogens with one attached hydrogen (secondary N) is 3. The van der Waals surface area contributed by atoms with Crippen molar-refractivity contribution in [1.29, 1.82) is 0 Å². The molecule has 8 rings (SSSR count). The largest absolute Gasteiger partial charge is 1.00 e. The number of aryl methyl sites for hydroxylation is 2. The molecule has 20 nitrogen and oxygen atoms in total. The number of methoxy groups -OCH3 is 2. The van der Waals surface area contributed by atoms with Gasteiger partial charge in [-0.3, -0.25) is 14.2 Å². The third-order valence-electron chi connectivity index (χ3n) is 10.6. The van der Waals surface area contributed by atoms with Gasteiger partial charge in [-0.05, 0) is 113 Å². The molecule has 2 saturated heterocycles. The number of anilines is 4. The molecule has 2 aromatic carbocycles. The van der Waals surface area contributed by atoms with Crippen LogP contribution in [-0.2, 0) is 19.2 Å². The Labute approximate surface area is 536 Å². The Balaban J connectivity index is 0. The van der Waals surface area contributed by atoms with Crippen LogP contribution in [0.25, 0.3) is 22.5 Å². The fourth-order valence-corrected chi connectivity index (χ4v) is 7.15. The van der Waals surface area contributed by atoms with Crippen molar-refractivity contribution in [3.05, 3.63) is 108 Å². The van der Waals surface area contributed by atoms with Gasteiger partial charge in [0, 0.05) is 35.9 Å². The number of likely N-dealkylation sites (tertiary alicyclic amines) is 1. The van der Waals surface area contributed by atoms with Crippen molar-refractivity contribution < 1.29 is 173 Å². The minimum absolute atomic E-state index is 0. The number of piperidine rings is 2. The van der Waals surface area contributed by atoms with Crippen LogP contribution in [0.4, 0.5) is 23.3 Å². The normalized spacial score (nSPS) is 12.9. The van der Waals surface area contributed by atoms with E-state index in [1.54, 1.807) is 42.9 Å². The van der Waals surface area contributed by atoms with Crippen molar-refractivity contribution in [3.63, 3.8) is 0 Å². The van der Waals surface area contributed by atoms with Crippen molar-refractivity contribution in [2.75, 3.05) is 63.0 Å². The average molecular weight is 1160 g/mol. The van der Waals surface area contributed by atoms with E-state index in [9.17, 15) is 9.59 Å². The van der Waals surface area contributed by atoms with Gasteiger partial charge in [0.25, 0.3) is 6.47 Å². The standard InChI is InChI=1S/C22H26N6O2.C21H24N6O2.CH3I.CH2O3.ClH.2K.Na.H2O.H/c1-15-12-23-22(26-20(15)16-4-6-17(7-5-16)21(29)30-3)25-18-13-24-28(14-18)19-8-10-27(2)11-9-19;1-14-11-23-21(25-17-12-24-27(13-17)18-7-9-22-10-8-18)26-19(14)15-3-5-16(6-4-15)20(28)29-2;1-2;2-1-4-3;;;;;;/h4-7,12-14,19H,8-11H2,1-3H3,(H,23,25,26);3-6,11-13,18,22H,7-10H2,1-2H3,(H,23,25,26);1H3;1,3H;1H;;;;1H2;/q;;;;;3*+1;;-1/p-2. The maximum Gasteiger partial charge on any atom is 1.00 e. The molecular weight excluding hydrogens is 1100 g/mol. The van der Waals surface area contributed by atoms with Crippen LogP contribution in [0, 0.1) is 13.8 Å². The molecule has 4 N–H and O–H groups in total. The summed E-state index contributed by atoms with van der Waals surface area (Å²) in [6, 6.07) is 15.3. The number of hydrogen-bond acceptors (Lipinski definition) is 18. The van der Waals surface area contributed by atoms with Gasteiger partial charge in [-0.15, -0.1) is 12.4 Å². The monoisotopic (exact) mass is 1160 g/mol. The molecule has 70 heavy (non-hydrogen) atoms. The van der Waals surface area contributed by atoms with Crippen LogP contribution in [-0.4, -0.2) is 121 Å². The Morgan fingerprint density at radius 3 is 1.46 bits per heavy atom. The van der Waals surface area contributed by atoms with E-state index in [0.29, 0.717) is 35.1 Å². The first-order valence-electron chi connectivity index (χ1n) is 20.8. The summed E-state index contributed by atoms with van der Waals surface area (Å²) in [5.41, 5.74) is 8.08. The van der Waals surface area contributed by atoms with E-state index in [4.69, 9.17) is 19.5 Å². The molecule has 2 fully saturated rings. The van der Waals surface area contributed by atoms with Crippen molar-refractivity contribution in [1.82, 2.24) is 49.7 Å². The second kappa shape index (κ2) is 36.2. The zero-order valence-electron chi connectivity index (χ0n) is 42.1. The quantitative estimate of drug-likeness (QED) is 0.0229. The van der Waals surface area contributed by atoms with Crippen LogP contribution >= 0.6 is 35.0 Å². The number of carbonyl (C=O) groups excluding carboxylic acids is 3. The predicted octanol–water partition coefficient (Wildman–Crippen LogP) is -2.60. The number of esters is 2. The molecule has 362 valence electrons. The Bertz CT molecular complexity index is 2470. The first kappa shape index (κ1) is 68.2. The third-order valence-corrected chi connectivity index (χ3v) is 10.6. The Morgan fingerprint density at radius 2 is 1.10 bits per heavy atom. The van der Waals surface area contributed by atoms with E-state index in [1.165, 1.54) is 14.2 Å². The molecule has 0 amide bonds. The van der Waals surface area contributed by atoms with E-state index in [1.807, 2.05) is 71.0 Å². The zero-order valence-corrected chi connectivity index (χ0v) is 52.3. The van der Waals surface area contributed by atoms with Gasteiger partial charge in [-0.2, -0.15) is 10.2 Å². The Kier molecular flexibility index (Phi) is 35.2. The number of rotatable bonds is 11. The summed E-state index contributed by atoms with van der Waals surface area (Å²) in [6.07, 6.45) is 15.6. The minimum atomic E-state index is -0.357. The number of carbonyl (C=O) groups is 3. The number of hydrogen-bond donors (Lipinski definition) is 3. The maximum atomic E-state index is 11.6. The van der Waals surface area contributed by atoms with Crippen LogP contribution in [0.5, 0.6) is 0 Å². The average Bonchev–Trinajstić information content (AvgIpc) is 4.04. The fraction of sp³-hybridized carbons (Fsp3) is 0.356. The van der Waals surface area contributed by atoms with E-state index < -0.39 is 0 Å². The van der Waals surface area contributed by atoms with E-state index in [2.05, 4.69) is 85.5 Å². The van der Waals surface area contributed by atoms with E-state index in [0.717, 1.165) is 96.9 Å². The van der Waals surface area contributed by atoms with Crippen molar-refractivity contribution in [3.8, 4) is 22.5 Å². The number of ether oxygens (including phenoxy) is 2. The topological polar surface area (TPSA) is 258 Å². The predicted molar refractivity (Wildman–Crippen MR) is 262 cm³/mol. The Morgan fingerprint density at radius 1 is 0.729 bits per heavy atom. The molecule has 4 aromatic heterocycles. The fourth-order valence-electron chi connectivity index (χ4n) is 7.15. The number of halogens is 2. The molecule has 2 aliphatic rings. The van der Waals surface area contributed by atoms with Gasteiger partial charge < -0.3 is 47.4 Å². The van der Waals surface area contributed by atoms with Gasteiger partial charge in [0.1, 0.15) is 0 Å². The molecule has 0 radical (unpaired) electrons. The molecule has 25 heteroatoms. The first-order chi connectivity index (χ1) is 31.6. The maximum absolute atomic E-state index is 11.6. The molecule has 0 spiro atoms. The summed E-state index contributed by atoms with van der Waals surface area (Å²) < 4.78 is 13.6. The van der Waals surface area contributed by atoms with Crippen LogP contribution in [0.3, 0.4) is 0 Å². The molecule has 6 aromatic rings. The van der Waals surface area contributed by atoms with Crippen molar-refractivity contribution in [2.45, 2.75) is 51.6 Å². The van der Waals surface area contributed by atoms with Crippen LogP contribution < -0.4 is 154 Å². The number of benzene rings is 2. The smallest absolute Gasteiger partial charge is 1.00 e. The van der Waals surface area contributed by atoms with Gasteiger partial charge in [0.2, 0.25) is 11.9 Å². The molecule has 0 saturated carbocycles. The Hall–Kier alpha value is -1.84. The summed E-state index contributed by atoms with van der Waals surface area (Å²) in [7, 11) is 4.90. The summed E-state index contributed by atoms with van der Waals surface area (Å²) in [6.45, 7) is 7.96.